The second-order valence-corrected chi connectivity index (χ2v) is 8.18. The van der Waals surface area contributed by atoms with Crippen LogP contribution in [0, 0.1) is 27.7 Å². The van der Waals surface area contributed by atoms with E-state index in [2.05, 4.69) is 103 Å². The first kappa shape index (κ1) is 18.0. The molecule has 0 N–H and O–H groups in total. The number of nitrogens with zero attached hydrogens (tertiary/aromatic N) is 2. The topological polar surface area (TPSA) is 17.8 Å². The summed E-state index contributed by atoms with van der Waals surface area (Å²) < 4.78 is 3.42. The van der Waals surface area contributed by atoms with E-state index in [0.717, 1.165) is 27.9 Å². The average molecular weight is 419 g/mol. The van der Waals surface area contributed by atoms with Gasteiger partial charge in [0.05, 0.1) is 17.6 Å². The Morgan fingerprint density at radius 2 is 1.56 bits per heavy atom. The number of imidazole rings is 1. The van der Waals surface area contributed by atoms with Crippen LogP contribution in [0.15, 0.2) is 59.1 Å². The van der Waals surface area contributed by atoms with Gasteiger partial charge in [-0.15, -0.1) is 0 Å². The molecule has 0 saturated carbocycles. The number of aromatic nitrogens is 2. The maximum absolute atomic E-state index is 4.97. The fourth-order valence-corrected chi connectivity index (χ4v) is 4.18. The Hall–Kier alpha value is -2.39. The van der Waals surface area contributed by atoms with Crippen LogP contribution in [0.2, 0.25) is 0 Å². The van der Waals surface area contributed by atoms with Gasteiger partial charge >= 0.3 is 0 Å². The zero-order valence-corrected chi connectivity index (χ0v) is 17.8. The van der Waals surface area contributed by atoms with Crippen LogP contribution >= 0.6 is 15.9 Å². The highest BCUT2D eigenvalue weighted by Gasteiger charge is 2.16. The molecule has 0 amide bonds. The van der Waals surface area contributed by atoms with Crippen molar-refractivity contribution < 1.29 is 0 Å². The fraction of sp³-hybridized carbons (Fsp3) is 0.208. The van der Waals surface area contributed by atoms with Gasteiger partial charge < -0.3 is 4.57 Å². The number of fused-ring (bicyclic) bond motifs is 1. The second-order valence-electron chi connectivity index (χ2n) is 7.26. The SMILES string of the molecule is Cc1cc(C)c(C)c(Cn2c(-c3cccc(Br)c3)nc3ccccc32)c1C. The Bertz CT molecular complexity index is 1130. The molecule has 0 aliphatic carbocycles. The Morgan fingerprint density at radius 1 is 0.852 bits per heavy atom. The van der Waals surface area contributed by atoms with Crippen LogP contribution in [-0.2, 0) is 6.54 Å². The van der Waals surface area contributed by atoms with Crippen LogP contribution in [0.3, 0.4) is 0 Å². The van der Waals surface area contributed by atoms with Crippen molar-refractivity contribution in [1.82, 2.24) is 9.55 Å². The lowest BCUT2D eigenvalue weighted by atomic mass is 9.94. The van der Waals surface area contributed by atoms with Crippen LogP contribution < -0.4 is 0 Å². The summed E-state index contributed by atoms with van der Waals surface area (Å²) in [6.07, 6.45) is 0. The molecule has 3 aromatic carbocycles. The molecular formula is C24H23BrN2. The van der Waals surface area contributed by atoms with Crippen molar-refractivity contribution in [2.45, 2.75) is 34.2 Å². The van der Waals surface area contributed by atoms with Crippen molar-refractivity contribution in [3.63, 3.8) is 0 Å². The molecule has 136 valence electrons. The van der Waals surface area contributed by atoms with E-state index in [1.54, 1.807) is 0 Å². The molecule has 4 aromatic rings. The van der Waals surface area contributed by atoms with Gasteiger partial charge in [-0.05, 0) is 79.8 Å². The number of benzene rings is 3. The molecule has 0 saturated heterocycles. The Kier molecular flexibility index (Phi) is 4.65. The van der Waals surface area contributed by atoms with E-state index in [0.29, 0.717) is 0 Å². The van der Waals surface area contributed by atoms with Gasteiger partial charge in [0, 0.05) is 10.0 Å². The Morgan fingerprint density at radius 3 is 2.26 bits per heavy atom. The van der Waals surface area contributed by atoms with Gasteiger partial charge in [-0.1, -0.05) is 46.3 Å². The van der Waals surface area contributed by atoms with Crippen LogP contribution in [0.4, 0.5) is 0 Å². The maximum Gasteiger partial charge on any atom is 0.141 e. The fourth-order valence-electron chi connectivity index (χ4n) is 3.78. The zero-order chi connectivity index (χ0) is 19.1. The summed E-state index contributed by atoms with van der Waals surface area (Å²) in [5, 5.41) is 0. The molecule has 0 fully saturated rings. The van der Waals surface area contributed by atoms with Crippen LogP contribution in [0.25, 0.3) is 22.4 Å². The van der Waals surface area contributed by atoms with E-state index in [-0.39, 0.29) is 0 Å². The summed E-state index contributed by atoms with van der Waals surface area (Å²) >= 11 is 3.60. The molecule has 4 rings (SSSR count). The molecule has 1 aromatic heterocycles. The Balaban J connectivity index is 1.96. The van der Waals surface area contributed by atoms with Gasteiger partial charge in [0.2, 0.25) is 0 Å². The van der Waals surface area contributed by atoms with Gasteiger partial charge in [0.25, 0.3) is 0 Å². The van der Waals surface area contributed by atoms with E-state index in [1.807, 2.05) is 0 Å². The molecule has 2 nitrogen and oxygen atoms in total. The van der Waals surface area contributed by atoms with Gasteiger partial charge in [0.1, 0.15) is 5.82 Å². The van der Waals surface area contributed by atoms with E-state index >= 15 is 0 Å². The molecule has 1 heterocycles. The van der Waals surface area contributed by atoms with Gasteiger partial charge in [-0.2, -0.15) is 0 Å². The summed E-state index contributed by atoms with van der Waals surface area (Å²) in [4.78, 5) is 4.97. The summed E-state index contributed by atoms with van der Waals surface area (Å²) in [6.45, 7) is 9.69. The largest absolute Gasteiger partial charge is 0.319 e. The summed E-state index contributed by atoms with van der Waals surface area (Å²) in [7, 11) is 0. The molecule has 3 heteroatoms. The average Bonchev–Trinajstić information content (AvgIpc) is 3.02. The number of para-hydroxylation sites is 2. The van der Waals surface area contributed by atoms with Crippen LogP contribution in [0.5, 0.6) is 0 Å². The highest BCUT2D eigenvalue weighted by Crippen LogP contribution is 2.30. The normalized spacial score (nSPS) is 11.3. The molecule has 0 bridgehead atoms. The lowest BCUT2D eigenvalue weighted by Crippen LogP contribution is -2.07. The zero-order valence-electron chi connectivity index (χ0n) is 16.2. The minimum atomic E-state index is 0.822. The predicted molar refractivity (Wildman–Crippen MR) is 117 cm³/mol. The lowest BCUT2D eigenvalue weighted by Gasteiger charge is -2.18. The van der Waals surface area contributed by atoms with E-state index in [1.165, 1.54) is 33.3 Å². The molecule has 0 atom stereocenters. The van der Waals surface area contributed by atoms with Crippen molar-refractivity contribution in [2.75, 3.05) is 0 Å². The van der Waals surface area contributed by atoms with E-state index in [4.69, 9.17) is 4.98 Å². The van der Waals surface area contributed by atoms with Crippen LogP contribution in [-0.4, -0.2) is 9.55 Å². The summed E-state index contributed by atoms with van der Waals surface area (Å²) in [6, 6.07) is 19.1. The molecule has 0 unspecified atom stereocenters. The minimum Gasteiger partial charge on any atom is -0.319 e. The van der Waals surface area contributed by atoms with Gasteiger partial charge in [-0.25, -0.2) is 4.98 Å². The molecule has 0 spiro atoms. The molecule has 27 heavy (non-hydrogen) atoms. The first-order chi connectivity index (χ1) is 13.0. The third-order valence-corrected chi connectivity index (χ3v) is 6.07. The third-order valence-electron chi connectivity index (χ3n) is 5.57. The van der Waals surface area contributed by atoms with Crippen molar-refractivity contribution in [3.05, 3.63) is 86.9 Å². The van der Waals surface area contributed by atoms with Crippen molar-refractivity contribution in [1.29, 1.82) is 0 Å². The van der Waals surface area contributed by atoms with E-state index < -0.39 is 0 Å². The number of hydrogen-bond acceptors (Lipinski definition) is 1. The second kappa shape index (κ2) is 6.97. The van der Waals surface area contributed by atoms with Gasteiger partial charge in [-0.3, -0.25) is 0 Å². The molecule has 0 radical (unpaired) electrons. The molecule has 0 aliphatic rings. The number of hydrogen-bond donors (Lipinski definition) is 0. The van der Waals surface area contributed by atoms with Crippen molar-refractivity contribution >= 4 is 27.0 Å². The quantitative estimate of drug-likeness (QED) is 0.359. The number of halogens is 1. The lowest BCUT2D eigenvalue weighted by molar-refractivity contribution is 0.818. The summed E-state index contributed by atoms with van der Waals surface area (Å²) in [5.74, 6) is 1.01. The third kappa shape index (κ3) is 3.21. The molecule has 0 aliphatic heterocycles. The van der Waals surface area contributed by atoms with Gasteiger partial charge in [0.15, 0.2) is 0 Å². The Labute approximate surface area is 169 Å². The van der Waals surface area contributed by atoms with E-state index in [9.17, 15) is 0 Å². The number of rotatable bonds is 3. The first-order valence-corrected chi connectivity index (χ1v) is 10.0. The van der Waals surface area contributed by atoms with Crippen molar-refractivity contribution in [2.24, 2.45) is 0 Å². The molecular weight excluding hydrogens is 396 g/mol. The standard InChI is InChI=1S/C24H23BrN2/c1-15-12-16(2)18(4)21(17(15)3)14-27-23-11-6-5-10-22(23)26-24(27)19-8-7-9-20(25)13-19/h5-13H,14H2,1-4H3. The van der Waals surface area contributed by atoms with Crippen LogP contribution in [0.1, 0.15) is 27.8 Å². The minimum absolute atomic E-state index is 0.822. The maximum atomic E-state index is 4.97. The monoisotopic (exact) mass is 418 g/mol. The summed E-state index contributed by atoms with van der Waals surface area (Å²) in [5.41, 5.74) is 10.2. The smallest absolute Gasteiger partial charge is 0.141 e. The van der Waals surface area contributed by atoms with Crippen molar-refractivity contribution in [3.8, 4) is 11.4 Å². The first-order valence-electron chi connectivity index (χ1n) is 9.23. The number of aryl methyl sites for hydroxylation is 2. The highest BCUT2D eigenvalue weighted by atomic mass is 79.9. The predicted octanol–water partition coefficient (Wildman–Crippen LogP) is 6.75. The highest BCUT2D eigenvalue weighted by molar-refractivity contribution is 9.10.